The minimum atomic E-state index is -0.0339. The maximum absolute atomic E-state index is 12.8. The second-order valence-electron chi connectivity index (χ2n) is 7.30. The number of piperidine rings is 1. The highest BCUT2D eigenvalue weighted by molar-refractivity contribution is 7.13. The molecule has 1 aliphatic heterocycles. The number of hydrogen-bond donors (Lipinski definition) is 1. The van der Waals surface area contributed by atoms with Crippen molar-refractivity contribution in [3.63, 3.8) is 0 Å². The SMILES string of the molecule is Cc1cccc(NC(=O)C2CCCN(Cc3nc(-c4cccs4)no3)C2)c1C. The van der Waals surface area contributed by atoms with Crippen molar-refractivity contribution in [1.82, 2.24) is 15.0 Å². The van der Waals surface area contributed by atoms with Gasteiger partial charge in [-0.05, 0) is 61.9 Å². The molecular formula is C21H24N4O2S. The number of amides is 1. The Morgan fingerprint density at radius 2 is 2.21 bits per heavy atom. The average molecular weight is 397 g/mol. The summed E-state index contributed by atoms with van der Waals surface area (Å²) in [7, 11) is 0. The molecule has 1 unspecified atom stereocenters. The highest BCUT2D eigenvalue weighted by Crippen LogP contribution is 2.24. The molecule has 1 aromatic carbocycles. The number of carbonyl (C=O) groups excluding carboxylic acids is 1. The van der Waals surface area contributed by atoms with Crippen LogP contribution in [0.2, 0.25) is 0 Å². The van der Waals surface area contributed by atoms with Gasteiger partial charge in [-0.25, -0.2) is 0 Å². The largest absolute Gasteiger partial charge is 0.338 e. The zero-order valence-corrected chi connectivity index (χ0v) is 17.0. The normalized spacial score (nSPS) is 17.6. The van der Waals surface area contributed by atoms with E-state index < -0.39 is 0 Å². The van der Waals surface area contributed by atoms with Crippen molar-refractivity contribution in [3.8, 4) is 10.7 Å². The van der Waals surface area contributed by atoms with Crippen LogP contribution in [-0.4, -0.2) is 34.0 Å². The molecule has 1 fully saturated rings. The van der Waals surface area contributed by atoms with E-state index in [2.05, 4.69) is 33.3 Å². The van der Waals surface area contributed by atoms with E-state index in [-0.39, 0.29) is 11.8 Å². The van der Waals surface area contributed by atoms with Crippen LogP contribution in [-0.2, 0) is 11.3 Å². The van der Waals surface area contributed by atoms with Crippen LogP contribution < -0.4 is 5.32 Å². The predicted octanol–water partition coefficient (Wildman–Crippen LogP) is 4.27. The highest BCUT2D eigenvalue weighted by Gasteiger charge is 2.27. The Morgan fingerprint density at radius 1 is 1.32 bits per heavy atom. The van der Waals surface area contributed by atoms with E-state index in [1.165, 1.54) is 5.56 Å². The zero-order valence-electron chi connectivity index (χ0n) is 16.1. The number of thiophene rings is 1. The van der Waals surface area contributed by atoms with Crippen LogP contribution in [0.4, 0.5) is 5.69 Å². The first-order chi connectivity index (χ1) is 13.6. The molecule has 28 heavy (non-hydrogen) atoms. The summed E-state index contributed by atoms with van der Waals surface area (Å²) < 4.78 is 5.41. The van der Waals surface area contributed by atoms with E-state index >= 15 is 0 Å². The second kappa shape index (κ2) is 8.24. The van der Waals surface area contributed by atoms with Gasteiger partial charge in [0, 0.05) is 12.2 Å². The van der Waals surface area contributed by atoms with E-state index in [1.807, 2.05) is 36.6 Å². The molecule has 4 rings (SSSR count). The van der Waals surface area contributed by atoms with Crippen LogP contribution in [0, 0.1) is 19.8 Å². The molecule has 6 nitrogen and oxygen atoms in total. The van der Waals surface area contributed by atoms with E-state index in [4.69, 9.17) is 4.52 Å². The number of hydrogen-bond acceptors (Lipinski definition) is 6. The first-order valence-electron chi connectivity index (χ1n) is 9.56. The third-order valence-electron chi connectivity index (χ3n) is 5.31. The number of benzene rings is 1. The van der Waals surface area contributed by atoms with Gasteiger partial charge in [0.2, 0.25) is 17.6 Å². The van der Waals surface area contributed by atoms with Crippen molar-refractivity contribution < 1.29 is 9.32 Å². The van der Waals surface area contributed by atoms with Crippen LogP contribution in [0.1, 0.15) is 29.9 Å². The molecule has 7 heteroatoms. The number of anilines is 1. The van der Waals surface area contributed by atoms with Gasteiger partial charge >= 0.3 is 0 Å². The molecule has 0 spiro atoms. The molecule has 2 aromatic heterocycles. The maximum Gasteiger partial charge on any atom is 0.241 e. The fourth-order valence-electron chi connectivity index (χ4n) is 3.55. The number of aryl methyl sites for hydroxylation is 1. The zero-order chi connectivity index (χ0) is 19.5. The molecule has 3 aromatic rings. The molecule has 1 N–H and O–H groups in total. The van der Waals surface area contributed by atoms with E-state index in [9.17, 15) is 4.79 Å². The van der Waals surface area contributed by atoms with Gasteiger partial charge in [0.1, 0.15) is 0 Å². The number of nitrogens with zero attached hydrogens (tertiary/aromatic N) is 3. The Kier molecular flexibility index (Phi) is 5.54. The summed E-state index contributed by atoms with van der Waals surface area (Å²) in [5.41, 5.74) is 3.20. The van der Waals surface area contributed by atoms with Gasteiger partial charge in [-0.2, -0.15) is 4.98 Å². The Hall–Kier alpha value is -2.51. The Morgan fingerprint density at radius 3 is 3.04 bits per heavy atom. The lowest BCUT2D eigenvalue weighted by Gasteiger charge is -2.31. The fourth-order valence-corrected chi connectivity index (χ4v) is 4.20. The number of carbonyl (C=O) groups is 1. The fraction of sp³-hybridized carbons (Fsp3) is 0.381. The molecular weight excluding hydrogens is 372 g/mol. The second-order valence-corrected chi connectivity index (χ2v) is 8.25. The Bertz CT molecular complexity index is 951. The molecule has 146 valence electrons. The Labute approximate surface area is 168 Å². The van der Waals surface area contributed by atoms with Crippen LogP contribution in [0.15, 0.2) is 40.2 Å². The van der Waals surface area contributed by atoms with Crippen molar-refractivity contribution in [3.05, 3.63) is 52.7 Å². The summed E-state index contributed by atoms with van der Waals surface area (Å²) >= 11 is 1.59. The molecule has 3 heterocycles. The third-order valence-corrected chi connectivity index (χ3v) is 6.17. The molecule has 0 aliphatic carbocycles. The summed E-state index contributed by atoms with van der Waals surface area (Å²) in [5.74, 6) is 1.28. The van der Waals surface area contributed by atoms with Crippen molar-refractivity contribution in [1.29, 1.82) is 0 Å². The lowest BCUT2D eigenvalue weighted by molar-refractivity contribution is -0.121. The minimum absolute atomic E-state index is 0.0339. The minimum Gasteiger partial charge on any atom is -0.338 e. The van der Waals surface area contributed by atoms with Gasteiger partial charge in [-0.3, -0.25) is 9.69 Å². The average Bonchev–Trinajstić information content (AvgIpc) is 3.37. The summed E-state index contributed by atoms with van der Waals surface area (Å²) in [6, 6.07) is 9.95. The summed E-state index contributed by atoms with van der Waals surface area (Å²) in [6.45, 7) is 6.31. The van der Waals surface area contributed by atoms with Gasteiger partial charge in [0.15, 0.2) is 0 Å². The van der Waals surface area contributed by atoms with E-state index in [0.717, 1.165) is 35.5 Å². The van der Waals surface area contributed by atoms with Gasteiger partial charge in [-0.1, -0.05) is 23.4 Å². The summed E-state index contributed by atoms with van der Waals surface area (Å²) in [4.78, 5) is 20.5. The van der Waals surface area contributed by atoms with Crippen LogP contribution in [0.5, 0.6) is 0 Å². The monoisotopic (exact) mass is 396 g/mol. The van der Waals surface area contributed by atoms with Gasteiger partial charge in [-0.15, -0.1) is 11.3 Å². The van der Waals surface area contributed by atoms with Crippen LogP contribution in [0.25, 0.3) is 10.7 Å². The van der Waals surface area contributed by atoms with Crippen molar-refractivity contribution in [2.24, 2.45) is 5.92 Å². The van der Waals surface area contributed by atoms with E-state index in [0.29, 0.717) is 24.8 Å². The third kappa shape index (κ3) is 4.15. The maximum atomic E-state index is 12.8. The molecule has 1 amide bonds. The van der Waals surface area contributed by atoms with Gasteiger partial charge < -0.3 is 9.84 Å². The molecule has 1 aliphatic rings. The molecule has 0 bridgehead atoms. The smallest absolute Gasteiger partial charge is 0.241 e. The van der Waals surface area contributed by atoms with Crippen molar-refractivity contribution >= 4 is 22.9 Å². The van der Waals surface area contributed by atoms with Gasteiger partial charge in [0.05, 0.1) is 17.3 Å². The van der Waals surface area contributed by atoms with Crippen molar-refractivity contribution in [2.75, 3.05) is 18.4 Å². The Balaban J connectivity index is 1.37. The molecule has 1 atom stereocenters. The van der Waals surface area contributed by atoms with Crippen LogP contribution in [0.3, 0.4) is 0 Å². The first kappa shape index (κ1) is 18.8. The molecule has 1 saturated heterocycles. The first-order valence-corrected chi connectivity index (χ1v) is 10.4. The quantitative estimate of drug-likeness (QED) is 0.697. The topological polar surface area (TPSA) is 71.3 Å². The lowest BCUT2D eigenvalue weighted by atomic mass is 9.96. The predicted molar refractivity (Wildman–Crippen MR) is 110 cm³/mol. The van der Waals surface area contributed by atoms with E-state index in [1.54, 1.807) is 11.3 Å². The number of aromatic nitrogens is 2. The molecule has 0 saturated carbocycles. The highest BCUT2D eigenvalue weighted by atomic mass is 32.1. The van der Waals surface area contributed by atoms with Crippen molar-refractivity contribution in [2.45, 2.75) is 33.2 Å². The van der Waals surface area contributed by atoms with Gasteiger partial charge in [0.25, 0.3) is 0 Å². The van der Waals surface area contributed by atoms with Crippen LogP contribution >= 0.6 is 11.3 Å². The summed E-state index contributed by atoms with van der Waals surface area (Å²) in [5, 5.41) is 9.18. The number of nitrogens with one attached hydrogen (secondary N) is 1. The number of rotatable bonds is 5. The summed E-state index contributed by atoms with van der Waals surface area (Å²) in [6.07, 6.45) is 1.88. The standard InChI is InChI=1S/C21H24N4O2S/c1-14-6-3-8-17(15(14)2)22-21(26)16-7-4-10-25(12-16)13-19-23-20(24-27-19)18-9-5-11-28-18/h3,5-6,8-9,11,16H,4,7,10,12-13H2,1-2H3,(H,22,26). The lowest BCUT2D eigenvalue weighted by Crippen LogP contribution is -2.40. The number of likely N-dealkylation sites (tertiary alicyclic amines) is 1. The molecule has 0 radical (unpaired) electrons.